The first-order valence-electron chi connectivity index (χ1n) is 10.2. The van der Waals surface area contributed by atoms with Crippen LogP contribution >= 0.6 is 0 Å². The first-order chi connectivity index (χ1) is 14.7. The molecule has 8 nitrogen and oxygen atoms in total. The third-order valence-electron chi connectivity index (χ3n) is 5.36. The number of nitrogens with one attached hydrogen (secondary N) is 1. The van der Waals surface area contributed by atoms with Crippen molar-refractivity contribution >= 4 is 11.5 Å². The Hall–Kier alpha value is -3.26. The van der Waals surface area contributed by atoms with Gasteiger partial charge in [-0.1, -0.05) is 18.6 Å². The number of nitrogens with zero attached hydrogens (tertiary/aromatic N) is 5. The van der Waals surface area contributed by atoms with E-state index in [0.29, 0.717) is 22.8 Å². The molecule has 0 bridgehead atoms. The highest BCUT2D eigenvalue weighted by atomic mass is 16.5. The zero-order chi connectivity index (χ0) is 20.9. The van der Waals surface area contributed by atoms with Crippen LogP contribution in [0.15, 0.2) is 52.4 Å². The van der Waals surface area contributed by atoms with Crippen LogP contribution in [0.2, 0.25) is 0 Å². The maximum Gasteiger partial charge on any atom is 0.216 e. The van der Waals surface area contributed by atoms with Gasteiger partial charge in [0.1, 0.15) is 17.9 Å². The Bertz CT molecular complexity index is 1010. The van der Waals surface area contributed by atoms with Gasteiger partial charge in [-0.2, -0.15) is 0 Å². The molecule has 0 spiro atoms. The first kappa shape index (κ1) is 20.0. The van der Waals surface area contributed by atoms with Crippen LogP contribution in [-0.4, -0.2) is 64.8 Å². The smallest absolute Gasteiger partial charge is 0.216 e. The number of aromatic hydroxyl groups is 1. The summed E-state index contributed by atoms with van der Waals surface area (Å²) in [6, 6.07) is 7.18. The Morgan fingerprint density at radius 1 is 1.13 bits per heavy atom. The van der Waals surface area contributed by atoms with Crippen molar-refractivity contribution in [1.82, 2.24) is 20.2 Å². The molecule has 30 heavy (non-hydrogen) atoms. The van der Waals surface area contributed by atoms with E-state index < -0.39 is 0 Å². The number of rotatable bonds is 4. The largest absolute Gasteiger partial charge is 0.507 e. The quantitative estimate of drug-likeness (QED) is 0.810. The molecule has 2 aromatic rings. The molecule has 1 aromatic carbocycles. The highest BCUT2D eigenvalue weighted by Crippen LogP contribution is 2.28. The number of benzene rings is 1. The zero-order valence-corrected chi connectivity index (χ0v) is 17.3. The number of hydrogen-bond acceptors (Lipinski definition) is 8. The molecule has 0 radical (unpaired) electrons. The minimum absolute atomic E-state index is 0.136. The minimum atomic E-state index is 0.136. The van der Waals surface area contributed by atoms with E-state index in [0.717, 1.165) is 50.4 Å². The lowest BCUT2D eigenvalue weighted by atomic mass is 10.0. The van der Waals surface area contributed by atoms with Crippen molar-refractivity contribution in [1.29, 1.82) is 0 Å². The summed E-state index contributed by atoms with van der Waals surface area (Å²) < 4.78 is 5.16. The lowest BCUT2D eigenvalue weighted by molar-refractivity contribution is 0.352. The first-order valence-corrected chi connectivity index (χ1v) is 10.2. The van der Waals surface area contributed by atoms with Crippen molar-refractivity contribution in [2.45, 2.75) is 19.8 Å². The summed E-state index contributed by atoms with van der Waals surface area (Å²) in [5.41, 5.74) is 4.01. The topological polar surface area (TPSA) is 95.2 Å². The van der Waals surface area contributed by atoms with Crippen molar-refractivity contribution in [3.8, 4) is 22.9 Å². The van der Waals surface area contributed by atoms with Gasteiger partial charge in [0.05, 0.1) is 18.5 Å². The summed E-state index contributed by atoms with van der Waals surface area (Å²) in [5, 5.41) is 23.2. The van der Waals surface area contributed by atoms with E-state index in [4.69, 9.17) is 4.74 Å². The molecule has 156 valence electrons. The third-order valence-corrected chi connectivity index (χ3v) is 5.36. The van der Waals surface area contributed by atoms with Gasteiger partial charge in [-0.25, -0.2) is 9.97 Å². The summed E-state index contributed by atoms with van der Waals surface area (Å²) in [6.45, 7) is 5.91. The van der Waals surface area contributed by atoms with Gasteiger partial charge in [0.2, 0.25) is 5.88 Å². The summed E-state index contributed by atoms with van der Waals surface area (Å²) in [4.78, 5) is 10.6. The Balaban J connectivity index is 1.66. The van der Waals surface area contributed by atoms with Gasteiger partial charge in [0.15, 0.2) is 0 Å². The molecule has 0 atom stereocenters. The average Bonchev–Trinajstić information content (AvgIpc) is 3.02. The number of allylic oxidation sites excluding steroid dienone is 1. The molecular formula is C22H26N6O2. The van der Waals surface area contributed by atoms with Crippen LogP contribution in [0.25, 0.3) is 11.3 Å². The van der Waals surface area contributed by atoms with Crippen molar-refractivity contribution < 1.29 is 9.84 Å². The number of methoxy groups -OCH3 is 1. The number of phenolic OH excluding ortho intramolecular Hbond substituents is 1. The van der Waals surface area contributed by atoms with Crippen molar-refractivity contribution in [2.24, 2.45) is 10.2 Å². The number of phenols is 1. The van der Waals surface area contributed by atoms with E-state index in [1.807, 2.05) is 18.2 Å². The van der Waals surface area contributed by atoms with Crippen LogP contribution in [0.1, 0.15) is 25.3 Å². The Labute approximate surface area is 176 Å². The molecule has 0 unspecified atom stereocenters. The standard InChI is InChI=1S/C22H26N6O2/c1-3-15-10-19(26-27-21(11-15)28-8-6-23-7-9-28)17-5-4-16(12-20(17)29)18-13-22(30-2)25-14-24-18/h4-5,10,12-14,23,29H,3,6-9,11H2,1-2H3. The van der Waals surface area contributed by atoms with E-state index in [1.165, 1.54) is 11.9 Å². The number of piperazine rings is 1. The summed E-state index contributed by atoms with van der Waals surface area (Å²) in [7, 11) is 1.56. The second-order valence-corrected chi connectivity index (χ2v) is 7.25. The van der Waals surface area contributed by atoms with Gasteiger partial charge in [-0.05, 0) is 24.6 Å². The molecule has 2 aliphatic heterocycles. The monoisotopic (exact) mass is 406 g/mol. The van der Waals surface area contributed by atoms with Gasteiger partial charge in [-0.15, -0.1) is 10.2 Å². The highest BCUT2D eigenvalue weighted by Gasteiger charge is 2.19. The van der Waals surface area contributed by atoms with E-state index in [-0.39, 0.29) is 5.75 Å². The molecule has 2 aliphatic rings. The van der Waals surface area contributed by atoms with Crippen LogP contribution in [0.4, 0.5) is 0 Å². The average molecular weight is 406 g/mol. The number of hydrogen-bond donors (Lipinski definition) is 2. The van der Waals surface area contributed by atoms with Gasteiger partial charge in [0, 0.05) is 49.8 Å². The second kappa shape index (κ2) is 9.04. The normalized spacial score (nSPS) is 17.0. The number of ether oxygens (including phenoxy) is 1. The van der Waals surface area contributed by atoms with Gasteiger partial charge in [0.25, 0.3) is 0 Å². The molecule has 8 heteroatoms. The number of amidine groups is 1. The third kappa shape index (κ3) is 4.33. The minimum Gasteiger partial charge on any atom is -0.507 e. The predicted molar refractivity (Wildman–Crippen MR) is 117 cm³/mol. The molecular weight excluding hydrogens is 380 g/mol. The molecule has 0 aliphatic carbocycles. The molecule has 3 heterocycles. The number of aromatic nitrogens is 2. The van der Waals surface area contributed by atoms with Crippen molar-refractivity contribution in [2.75, 3.05) is 33.3 Å². The fourth-order valence-electron chi connectivity index (χ4n) is 3.60. The lowest BCUT2D eigenvalue weighted by Gasteiger charge is -2.29. The van der Waals surface area contributed by atoms with Crippen molar-refractivity contribution in [3.63, 3.8) is 0 Å². The molecule has 1 aromatic heterocycles. The maximum absolute atomic E-state index is 10.7. The van der Waals surface area contributed by atoms with Crippen LogP contribution in [-0.2, 0) is 0 Å². The van der Waals surface area contributed by atoms with Gasteiger partial charge < -0.3 is 20.1 Å². The molecule has 4 rings (SSSR count). The van der Waals surface area contributed by atoms with E-state index in [2.05, 4.69) is 37.3 Å². The fraction of sp³-hybridized carbons (Fsp3) is 0.364. The molecule has 0 amide bonds. The Morgan fingerprint density at radius 3 is 2.70 bits per heavy atom. The summed E-state index contributed by atoms with van der Waals surface area (Å²) in [5.74, 6) is 1.60. The predicted octanol–water partition coefficient (Wildman–Crippen LogP) is 2.61. The summed E-state index contributed by atoms with van der Waals surface area (Å²) >= 11 is 0. The maximum atomic E-state index is 10.7. The summed E-state index contributed by atoms with van der Waals surface area (Å²) in [6.07, 6.45) is 5.17. The molecule has 0 saturated carbocycles. The molecule has 2 N–H and O–H groups in total. The second-order valence-electron chi connectivity index (χ2n) is 7.25. The Kier molecular flexibility index (Phi) is 6.04. The Morgan fingerprint density at radius 2 is 1.97 bits per heavy atom. The highest BCUT2D eigenvalue weighted by molar-refractivity contribution is 6.12. The lowest BCUT2D eigenvalue weighted by Crippen LogP contribution is -2.46. The molecule has 1 saturated heterocycles. The van der Waals surface area contributed by atoms with E-state index in [9.17, 15) is 5.11 Å². The van der Waals surface area contributed by atoms with Crippen LogP contribution < -0.4 is 10.1 Å². The fourth-order valence-corrected chi connectivity index (χ4v) is 3.60. The van der Waals surface area contributed by atoms with E-state index >= 15 is 0 Å². The van der Waals surface area contributed by atoms with E-state index in [1.54, 1.807) is 19.2 Å². The van der Waals surface area contributed by atoms with Crippen LogP contribution in [0, 0.1) is 0 Å². The SMILES string of the molecule is CCC1=CC(c2ccc(-c3cc(OC)ncn3)cc2O)=NN=C(N2CCNCC2)C1. The van der Waals surface area contributed by atoms with Crippen molar-refractivity contribution in [3.05, 3.63) is 47.8 Å². The van der Waals surface area contributed by atoms with Gasteiger partial charge >= 0.3 is 0 Å². The van der Waals surface area contributed by atoms with Crippen LogP contribution in [0.5, 0.6) is 11.6 Å². The van der Waals surface area contributed by atoms with Gasteiger partial charge in [-0.3, -0.25) is 0 Å². The molecule has 1 fully saturated rings. The zero-order valence-electron chi connectivity index (χ0n) is 17.3. The van der Waals surface area contributed by atoms with Crippen LogP contribution in [0.3, 0.4) is 0 Å².